The first kappa shape index (κ1) is 11.7. The average molecular weight is 242 g/mol. The van der Waals surface area contributed by atoms with Crippen LogP contribution in [0.5, 0.6) is 0 Å². The van der Waals surface area contributed by atoms with Gasteiger partial charge in [-0.2, -0.15) is 5.26 Å². The predicted octanol–water partition coefficient (Wildman–Crippen LogP) is 4.38. The highest BCUT2D eigenvalue weighted by Crippen LogP contribution is 2.24. The standard InChI is InChI=1S/C15H12ClN/c1-11-9-14(6-5-12(11)7-8-17)13-3-2-4-15(16)10-13/h2-6,9-10H,7H2,1H3. The molecule has 0 bridgehead atoms. The van der Waals surface area contributed by atoms with Crippen molar-refractivity contribution in [2.45, 2.75) is 13.3 Å². The van der Waals surface area contributed by atoms with E-state index < -0.39 is 0 Å². The first-order valence-corrected chi connectivity index (χ1v) is 5.81. The first-order valence-electron chi connectivity index (χ1n) is 5.43. The van der Waals surface area contributed by atoms with Crippen LogP contribution >= 0.6 is 11.6 Å². The minimum Gasteiger partial charge on any atom is -0.198 e. The molecule has 0 spiro atoms. The highest BCUT2D eigenvalue weighted by molar-refractivity contribution is 6.30. The third-order valence-corrected chi connectivity index (χ3v) is 3.01. The van der Waals surface area contributed by atoms with E-state index >= 15 is 0 Å². The Kier molecular flexibility index (Phi) is 3.46. The number of nitriles is 1. The molecule has 84 valence electrons. The van der Waals surface area contributed by atoms with E-state index in [9.17, 15) is 0 Å². The molecule has 0 fully saturated rings. The Morgan fingerprint density at radius 1 is 1.12 bits per heavy atom. The molecule has 17 heavy (non-hydrogen) atoms. The summed E-state index contributed by atoms with van der Waals surface area (Å²) < 4.78 is 0. The van der Waals surface area contributed by atoms with Crippen LogP contribution in [0.15, 0.2) is 42.5 Å². The average Bonchev–Trinajstić information content (AvgIpc) is 2.32. The Labute approximate surface area is 106 Å². The number of nitrogens with zero attached hydrogens (tertiary/aromatic N) is 1. The molecule has 0 aliphatic carbocycles. The van der Waals surface area contributed by atoms with E-state index in [0.29, 0.717) is 6.42 Å². The van der Waals surface area contributed by atoms with Crippen LogP contribution in [0.4, 0.5) is 0 Å². The van der Waals surface area contributed by atoms with Gasteiger partial charge in [-0.15, -0.1) is 0 Å². The van der Waals surface area contributed by atoms with Gasteiger partial charge in [0.1, 0.15) is 0 Å². The number of hydrogen-bond donors (Lipinski definition) is 0. The Morgan fingerprint density at radius 2 is 1.88 bits per heavy atom. The third-order valence-electron chi connectivity index (χ3n) is 2.77. The minimum atomic E-state index is 0.460. The van der Waals surface area contributed by atoms with Crippen LogP contribution in [0, 0.1) is 18.3 Å². The summed E-state index contributed by atoms with van der Waals surface area (Å²) in [6.07, 6.45) is 0.460. The second-order valence-corrected chi connectivity index (χ2v) is 4.42. The summed E-state index contributed by atoms with van der Waals surface area (Å²) >= 11 is 5.97. The fourth-order valence-electron chi connectivity index (χ4n) is 1.83. The van der Waals surface area contributed by atoms with Crippen LogP contribution in [0.25, 0.3) is 11.1 Å². The fraction of sp³-hybridized carbons (Fsp3) is 0.133. The molecule has 2 aromatic rings. The summed E-state index contributed by atoms with van der Waals surface area (Å²) in [4.78, 5) is 0. The summed E-state index contributed by atoms with van der Waals surface area (Å²) in [6, 6.07) is 16.1. The van der Waals surface area contributed by atoms with Gasteiger partial charge in [-0.05, 0) is 41.3 Å². The number of benzene rings is 2. The molecule has 0 N–H and O–H groups in total. The molecule has 0 aliphatic heterocycles. The fourth-order valence-corrected chi connectivity index (χ4v) is 2.02. The maximum atomic E-state index is 8.70. The molecule has 0 heterocycles. The molecule has 2 aromatic carbocycles. The van der Waals surface area contributed by atoms with E-state index in [4.69, 9.17) is 16.9 Å². The van der Waals surface area contributed by atoms with Crippen LogP contribution in [-0.2, 0) is 6.42 Å². The third kappa shape index (κ3) is 2.67. The van der Waals surface area contributed by atoms with Crippen molar-refractivity contribution in [1.29, 1.82) is 5.26 Å². The van der Waals surface area contributed by atoms with E-state index in [1.165, 1.54) is 0 Å². The molecule has 0 saturated heterocycles. The van der Waals surface area contributed by atoms with Crippen LogP contribution in [-0.4, -0.2) is 0 Å². The monoisotopic (exact) mass is 241 g/mol. The van der Waals surface area contributed by atoms with Crippen molar-refractivity contribution in [1.82, 2.24) is 0 Å². The van der Waals surface area contributed by atoms with Gasteiger partial charge in [0.2, 0.25) is 0 Å². The maximum Gasteiger partial charge on any atom is 0.0669 e. The minimum absolute atomic E-state index is 0.460. The van der Waals surface area contributed by atoms with Gasteiger partial charge < -0.3 is 0 Å². The Hall–Kier alpha value is -1.78. The molecular formula is C15H12ClN. The van der Waals surface area contributed by atoms with E-state index in [2.05, 4.69) is 12.1 Å². The SMILES string of the molecule is Cc1cc(-c2cccc(Cl)c2)ccc1CC#N. The van der Waals surface area contributed by atoms with Crippen molar-refractivity contribution >= 4 is 11.6 Å². The van der Waals surface area contributed by atoms with Crippen molar-refractivity contribution in [3.8, 4) is 17.2 Å². The van der Waals surface area contributed by atoms with Gasteiger partial charge in [0, 0.05) is 5.02 Å². The summed E-state index contributed by atoms with van der Waals surface area (Å²) in [7, 11) is 0. The lowest BCUT2D eigenvalue weighted by Crippen LogP contribution is -1.88. The van der Waals surface area contributed by atoms with Gasteiger partial charge in [0.25, 0.3) is 0 Å². The van der Waals surface area contributed by atoms with Gasteiger partial charge in [-0.25, -0.2) is 0 Å². The number of halogens is 1. The lowest BCUT2D eigenvalue weighted by Gasteiger charge is -2.06. The van der Waals surface area contributed by atoms with Crippen molar-refractivity contribution in [2.24, 2.45) is 0 Å². The molecular weight excluding hydrogens is 230 g/mol. The van der Waals surface area contributed by atoms with Crippen LogP contribution < -0.4 is 0 Å². The molecule has 0 unspecified atom stereocenters. The van der Waals surface area contributed by atoms with Gasteiger partial charge in [-0.3, -0.25) is 0 Å². The topological polar surface area (TPSA) is 23.8 Å². The summed E-state index contributed by atoms with van der Waals surface area (Å²) in [5.74, 6) is 0. The van der Waals surface area contributed by atoms with Crippen molar-refractivity contribution in [3.63, 3.8) is 0 Å². The molecule has 0 amide bonds. The Balaban J connectivity index is 2.42. The van der Waals surface area contributed by atoms with Gasteiger partial charge in [0.05, 0.1) is 12.5 Å². The summed E-state index contributed by atoms with van der Waals surface area (Å²) in [5, 5.41) is 9.44. The Bertz CT molecular complexity index is 582. The lowest BCUT2D eigenvalue weighted by molar-refractivity contribution is 1.21. The van der Waals surface area contributed by atoms with Crippen LogP contribution in [0.2, 0.25) is 5.02 Å². The summed E-state index contributed by atoms with van der Waals surface area (Å²) in [5.41, 5.74) is 4.46. The number of hydrogen-bond acceptors (Lipinski definition) is 1. The zero-order chi connectivity index (χ0) is 12.3. The van der Waals surface area contributed by atoms with Crippen molar-refractivity contribution < 1.29 is 0 Å². The molecule has 0 aromatic heterocycles. The molecule has 2 rings (SSSR count). The van der Waals surface area contributed by atoms with Crippen molar-refractivity contribution in [3.05, 3.63) is 58.6 Å². The second kappa shape index (κ2) is 5.03. The van der Waals surface area contributed by atoms with Crippen LogP contribution in [0.3, 0.4) is 0 Å². The zero-order valence-corrected chi connectivity index (χ0v) is 10.3. The van der Waals surface area contributed by atoms with Gasteiger partial charge >= 0.3 is 0 Å². The highest BCUT2D eigenvalue weighted by Gasteiger charge is 2.02. The second-order valence-electron chi connectivity index (χ2n) is 3.99. The quantitative estimate of drug-likeness (QED) is 0.765. The summed E-state index contributed by atoms with van der Waals surface area (Å²) in [6.45, 7) is 2.03. The normalized spacial score (nSPS) is 9.94. The highest BCUT2D eigenvalue weighted by atomic mass is 35.5. The van der Waals surface area contributed by atoms with E-state index in [0.717, 1.165) is 27.3 Å². The molecule has 0 atom stereocenters. The zero-order valence-electron chi connectivity index (χ0n) is 9.57. The smallest absolute Gasteiger partial charge is 0.0669 e. The van der Waals surface area contributed by atoms with E-state index in [1.807, 2.05) is 43.3 Å². The Morgan fingerprint density at radius 3 is 2.53 bits per heavy atom. The molecule has 2 heteroatoms. The van der Waals surface area contributed by atoms with Gasteiger partial charge in [0.15, 0.2) is 0 Å². The van der Waals surface area contributed by atoms with Gasteiger partial charge in [-0.1, -0.05) is 41.9 Å². The lowest BCUT2D eigenvalue weighted by atomic mass is 9.99. The van der Waals surface area contributed by atoms with Crippen LogP contribution in [0.1, 0.15) is 11.1 Å². The molecule has 1 nitrogen and oxygen atoms in total. The first-order chi connectivity index (χ1) is 8.20. The maximum absolute atomic E-state index is 8.70. The molecule has 0 radical (unpaired) electrons. The molecule has 0 aliphatic rings. The number of aryl methyl sites for hydroxylation is 1. The molecule has 0 saturated carbocycles. The van der Waals surface area contributed by atoms with E-state index in [-0.39, 0.29) is 0 Å². The number of rotatable bonds is 2. The predicted molar refractivity (Wildman–Crippen MR) is 70.9 cm³/mol. The largest absolute Gasteiger partial charge is 0.198 e. The van der Waals surface area contributed by atoms with Crippen molar-refractivity contribution in [2.75, 3.05) is 0 Å². The van der Waals surface area contributed by atoms with E-state index in [1.54, 1.807) is 0 Å².